The first kappa shape index (κ1) is 15.6. The van der Waals surface area contributed by atoms with Crippen LogP contribution in [0.4, 0.5) is 17.3 Å². The first-order valence-corrected chi connectivity index (χ1v) is 7.65. The third kappa shape index (κ3) is 3.64. The molecule has 1 aromatic heterocycles. The van der Waals surface area contributed by atoms with Crippen molar-refractivity contribution >= 4 is 28.9 Å². The molecule has 2 N–H and O–H groups in total. The van der Waals surface area contributed by atoms with Crippen molar-refractivity contribution in [3.05, 3.63) is 40.7 Å². The molecule has 1 aromatic carbocycles. The molecule has 4 nitrogen and oxygen atoms in total. The number of hydrogen-bond donors (Lipinski definition) is 2. The Balaban J connectivity index is 2.38. The number of benzene rings is 1. The number of nitrogens with one attached hydrogen (secondary N) is 2. The van der Waals surface area contributed by atoms with Crippen LogP contribution in [0.25, 0.3) is 0 Å². The summed E-state index contributed by atoms with van der Waals surface area (Å²) in [6.45, 7) is 7.04. The molecular formula is C16H21ClN4. The second-order valence-corrected chi connectivity index (χ2v) is 5.27. The highest BCUT2D eigenvalue weighted by atomic mass is 35.5. The van der Waals surface area contributed by atoms with Gasteiger partial charge in [-0.15, -0.1) is 0 Å². The maximum atomic E-state index is 6.18. The third-order valence-electron chi connectivity index (χ3n) is 3.31. The van der Waals surface area contributed by atoms with E-state index in [4.69, 9.17) is 11.6 Å². The predicted octanol–water partition coefficient (Wildman–Crippen LogP) is 4.57. The fraction of sp³-hybridized carbons (Fsp3) is 0.375. The molecule has 1 heterocycles. The minimum absolute atomic E-state index is 0.748. The Kier molecular flexibility index (Phi) is 5.39. The molecule has 0 radical (unpaired) electrons. The van der Waals surface area contributed by atoms with E-state index < -0.39 is 0 Å². The highest BCUT2D eigenvalue weighted by Crippen LogP contribution is 2.29. The first-order chi connectivity index (χ1) is 10.2. The molecule has 21 heavy (non-hydrogen) atoms. The summed E-state index contributed by atoms with van der Waals surface area (Å²) in [5.74, 6) is 1.74. The summed E-state index contributed by atoms with van der Waals surface area (Å²) in [5, 5.41) is 7.43. The van der Waals surface area contributed by atoms with Gasteiger partial charge in [-0.25, -0.2) is 9.97 Å². The zero-order valence-corrected chi connectivity index (χ0v) is 13.5. The summed E-state index contributed by atoms with van der Waals surface area (Å²) >= 11 is 6.18. The lowest BCUT2D eigenvalue weighted by molar-refractivity contribution is 0.902. The van der Waals surface area contributed by atoms with Gasteiger partial charge in [0.15, 0.2) is 0 Å². The maximum Gasteiger partial charge on any atom is 0.139 e. The van der Waals surface area contributed by atoms with E-state index in [2.05, 4.69) is 34.4 Å². The Bertz CT molecular complexity index is 613. The van der Waals surface area contributed by atoms with E-state index in [1.165, 1.54) is 0 Å². The van der Waals surface area contributed by atoms with Crippen LogP contribution in [0.1, 0.15) is 31.4 Å². The molecule has 0 amide bonds. The Morgan fingerprint density at radius 1 is 1.14 bits per heavy atom. The van der Waals surface area contributed by atoms with Gasteiger partial charge in [0, 0.05) is 22.8 Å². The number of anilines is 3. The molecule has 0 aliphatic carbocycles. The van der Waals surface area contributed by atoms with Crippen molar-refractivity contribution in [3.63, 3.8) is 0 Å². The van der Waals surface area contributed by atoms with Crippen molar-refractivity contribution in [1.29, 1.82) is 0 Å². The van der Waals surface area contributed by atoms with E-state index in [1.807, 2.05) is 25.1 Å². The summed E-state index contributed by atoms with van der Waals surface area (Å²) in [4.78, 5) is 8.74. The first-order valence-electron chi connectivity index (χ1n) is 7.27. The Morgan fingerprint density at radius 3 is 2.62 bits per heavy atom. The van der Waals surface area contributed by atoms with Crippen molar-refractivity contribution in [3.8, 4) is 0 Å². The number of rotatable bonds is 6. The molecule has 5 heteroatoms. The van der Waals surface area contributed by atoms with Gasteiger partial charge in [0.25, 0.3) is 0 Å². The van der Waals surface area contributed by atoms with Crippen LogP contribution in [0, 0.1) is 6.92 Å². The molecular weight excluding hydrogens is 284 g/mol. The molecule has 0 saturated carbocycles. The zero-order valence-electron chi connectivity index (χ0n) is 12.7. The molecule has 0 unspecified atom stereocenters. The Morgan fingerprint density at radius 2 is 1.90 bits per heavy atom. The number of halogens is 1. The monoisotopic (exact) mass is 304 g/mol. The number of hydrogen-bond acceptors (Lipinski definition) is 4. The summed E-state index contributed by atoms with van der Waals surface area (Å²) in [6, 6.07) is 5.83. The minimum Gasteiger partial charge on any atom is -0.370 e. The van der Waals surface area contributed by atoms with Crippen LogP contribution in [0.3, 0.4) is 0 Å². The summed E-state index contributed by atoms with van der Waals surface area (Å²) < 4.78 is 0. The molecule has 2 rings (SSSR count). The smallest absolute Gasteiger partial charge is 0.139 e. The van der Waals surface area contributed by atoms with Gasteiger partial charge < -0.3 is 10.6 Å². The fourth-order valence-electron chi connectivity index (χ4n) is 2.20. The largest absolute Gasteiger partial charge is 0.370 e. The second kappa shape index (κ2) is 7.27. The second-order valence-electron chi connectivity index (χ2n) is 4.87. The summed E-state index contributed by atoms with van der Waals surface area (Å²) in [5.41, 5.74) is 3.10. The Hall–Kier alpha value is -1.81. The van der Waals surface area contributed by atoms with Gasteiger partial charge in [-0.05, 0) is 38.0 Å². The molecule has 0 aliphatic rings. The van der Waals surface area contributed by atoms with Crippen molar-refractivity contribution in [2.24, 2.45) is 0 Å². The van der Waals surface area contributed by atoms with Crippen LogP contribution in [0.5, 0.6) is 0 Å². The zero-order chi connectivity index (χ0) is 15.2. The van der Waals surface area contributed by atoms with Gasteiger partial charge in [-0.1, -0.05) is 31.0 Å². The highest BCUT2D eigenvalue weighted by molar-refractivity contribution is 6.31. The number of aromatic nitrogens is 2. The minimum atomic E-state index is 0.748. The summed E-state index contributed by atoms with van der Waals surface area (Å²) in [7, 11) is 0. The van der Waals surface area contributed by atoms with Crippen molar-refractivity contribution in [2.45, 2.75) is 33.6 Å². The highest BCUT2D eigenvalue weighted by Gasteiger charge is 2.12. The van der Waals surface area contributed by atoms with Gasteiger partial charge in [-0.3, -0.25) is 0 Å². The standard InChI is InChI=1S/C16H21ClN4/c1-4-7-12-15(18-5-2)19-10-20-16(12)21-14-9-6-8-13(17)11(14)3/h6,8-10H,4-5,7H2,1-3H3,(H2,18,19,20,21). The van der Waals surface area contributed by atoms with Crippen LogP contribution in [0.2, 0.25) is 5.02 Å². The van der Waals surface area contributed by atoms with Crippen LogP contribution < -0.4 is 10.6 Å². The molecule has 0 bridgehead atoms. The topological polar surface area (TPSA) is 49.8 Å². The van der Waals surface area contributed by atoms with E-state index in [-0.39, 0.29) is 0 Å². The van der Waals surface area contributed by atoms with Crippen molar-refractivity contribution in [2.75, 3.05) is 17.2 Å². The Labute approximate surface area is 131 Å². The SMILES string of the molecule is CCCc1c(NCC)ncnc1Nc1cccc(Cl)c1C. The van der Waals surface area contributed by atoms with Gasteiger partial charge in [0.05, 0.1) is 0 Å². The maximum absolute atomic E-state index is 6.18. The van der Waals surface area contributed by atoms with Crippen molar-refractivity contribution < 1.29 is 0 Å². The lowest BCUT2D eigenvalue weighted by Crippen LogP contribution is -2.08. The lowest BCUT2D eigenvalue weighted by Gasteiger charge is -2.16. The van der Waals surface area contributed by atoms with Crippen LogP contribution >= 0.6 is 11.6 Å². The molecule has 0 aliphatic heterocycles. The lowest BCUT2D eigenvalue weighted by atomic mass is 10.1. The molecule has 0 spiro atoms. The van der Waals surface area contributed by atoms with Gasteiger partial charge in [-0.2, -0.15) is 0 Å². The molecule has 0 saturated heterocycles. The molecule has 0 fully saturated rings. The molecule has 112 valence electrons. The fourth-order valence-corrected chi connectivity index (χ4v) is 2.37. The van der Waals surface area contributed by atoms with E-state index in [0.717, 1.165) is 52.9 Å². The average molecular weight is 305 g/mol. The van der Waals surface area contributed by atoms with E-state index in [1.54, 1.807) is 6.33 Å². The molecule has 0 atom stereocenters. The van der Waals surface area contributed by atoms with Gasteiger partial charge >= 0.3 is 0 Å². The van der Waals surface area contributed by atoms with Gasteiger partial charge in [0.2, 0.25) is 0 Å². The van der Waals surface area contributed by atoms with Gasteiger partial charge in [0.1, 0.15) is 18.0 Å². The van der Waals surface area contributed by atoms with E-state index >= 15 is 0 Å². The quantitative estimate of drug-likeness (QED) is 0.821. The van der Waals surface area contributed by atoms with Crippen LogP contribution in [0.15, 0.2) is 24.5 Å². The van der Waals surface area contributed by atoms with E-state index in [0.29, 0.717) is 0 Å². The summed E-state index contributed by atoms with van der Waals surface area (Å²) in [6.07, 6.45) is 3.54. The number of nitrogens with zero attached hydrogens (tertiary/aromatic N) is 2. The predicted molar refractivity (Wildman–Crippen MR) is 89.7 cm³/mol. The van der Waals surface area contributed by atoms with Crippen LogP contribution in [-0.2, 0) is 6.42 Å². The average Bonchev–Trinajstić information content (AvgIpc) is 2.47. The molecule has 2 aromatic rings. The van der Waals surface area contributed by atoms with Crippen molar-refractivity contribution in [1.82, 2.24) is 9.97 Å². The van der Waals surface area contributed by atoms with Crippen LogP contribution in [-0.4, -0.2) is 16.5 Å². The van der Waals surface area contributed by atoms with E-state index in [9.17, 15) is 0 Å². The third-order valence-corrected chi connectivity index (χ3v) is 3.72. The normalized spacial score (nSPS) is 10.5.